The molecule has 0 aromatic heterocycles. The molecule has 1 aromatic carbocycles. The second kappa shape index (κ2) is 8.38. The molecule has 1 aliphatic rings. The molecular weight excluding hydrogens is 298 g/mol. The topological polar surface area (TPSA) is 56.9 Å². The van der Waals surface area contributed by atoms with Gasteiger partial charge in [0, 0.05) is 50.5 Å². The molecule has 0 spiro atoms. The molecule has 1 aromatic rings. The van der Waals surface area contributed by atoms with Gasteiger partial charge in [-0.05, 0) is 51.8 Å². The Hall–Kier alpha value is -1.75. The normalized spacial score (nSPS) is 17.2. The van der Waals surface area contributed by atoms with Crippen molar-refractivity contribution >= 4 is 11.6 Å². The zero-order valence-electron chi connectivity index (χ0n) is 15.7. The summed E-state index contributed by atoms with van der Waals surface area (Å²) >= 11 is 0. The van der Waals surface area contributed by atoms with E-state index in [4.69, 9.17) is 5.73 Å². The van der Waals surface area contributed by atoms with Crippen molar-refractivity contribution in [2.24, 2.45) is 10.7 Å². The second-order valence-electron chi connectivity index (χ2n) is 7.66. The van der Waals surface area contributed by atoms with Crippen LogP contribution in [0.15, 0.2) is 29.3 Å². The molecule has 5 heteroatoms. The average molecular weight is 332 g/mol. The van der Waals surface area contributed by atoms with Gasteiger partial charge < -0.3 is 16.0 Å². The molecule has 0 atom stereocenters. The van der Waals surface area contributed by atoms with Crippen molar-refractivity contribution in [1.29, 1.82) is 0 Å². The summed E-state index contributed by atoms with van der Waals surface area (Å²) in [6.07, 6.45) is 1.05. The molecule has 0 radical (unpaired) electrons. The van der Waals surface area contributed by atoms with Crippen LogP contribution < -0.4 is 16.0 Å². The van der Waals surface area contributed by atoms with Crippen LogP contribution in [0, 0.1) is 6.92 Å². The van der Waals surface area contributed by atoms with E-state index in [1.165, 1.54) is 11.3 Å². The summed E-state index contributed by atoms with van der Waals surface area (Å²) in [5.74, 6) is 0.548. The highest BCUT2D eigenvalue weighted by Gasteiger charge is 2.16. The highest BCUT2D eigenvalue weighted by Crippen LogP contribution is 2.17. The lowest BCUT2D eigenvalue weighted by molar-refractivity contribution is 0.256. The van der Waals surface area contributed by atoms with Crippen LogP contribution >= 0.6 is 0 Å². The van der Waals surface area contributed by atoms with E-state index in [0.717, 1.165) is 45.7 Å². The fourth-order valence-corrected chi connectivity index (χ4v) is 2.97. The van der Waals surface area contributed by atoms with Crippen molar-refractivity contribution in [2.45, 2.75) is 39.7 Å². The molecule has 2 rings (SSSR count). The highest BCUT2D eigenvalue weighted by molar-refractivity contribution is 5.78. The van der Waals surface area contributed by atoms with Crippen molar-refractivity contribution in [3.8, 4) is 0 Å². The lowest BCUT2D eigenvalue weighted by atomic mass is 10.1. The molecule has 0 bridgehead atoms. The van der Waals surface area contributed by atoms with Crippen molar-refractivity contribution in [1.82, 2.24) is 10.2 Å². The number of anilines is 1. The number of guanidine groups is 1. The summed E-state index contributed by atoms with van der Waals surface area (Å²) in [6, 6.07) is 8.78. The van der Waals surface area contributed by atoms with Crippen molar-refractivity contribution in [3.63, 3.8) is 0 Å². The lowest BCUT2D eigenvalue weighted by Gasteiger charge is -2.36. The Morgan fingerprint density at radius 3 is 2.54 bits per heavy atom. The minimum Gasteiger partial charge on any atom is -0.370 e. The lowest BCUT2D eigenvalue weighted by Crippen LogP contribution is -2.47. The number of nitrogens with two attached hydrogens (primary N) is 1. The predicted octanol–water partition coefficient (Wildman–Crippen LogP) is 2.21. The Balaban J connectivity index is 1.67. The van der Waals surface area contributed by atoms with E-state index in [-0.39, 0.29) is 5.54 Å². The van der Waals surface area contributed by atoms with E-state index in [2.05, 4.69) is 72.1 Å². The highest BCUT2D eigenvalue weighted by atomic mass is 15.3. The van der Waals surface area contributed by atoms with Crippen LogP contribution in [-0.4, -0.2) is 55.7 Å². The Morgan fingerprint density at radius 2 is 1.92 bits per heavy atom. The third-order valence-electron chi connectivity index (χ3n) is 4.16. The Labute approximate surface area is 146 Å². The largest absolute Gasteiger partial charge is 0.370 e. The van der Waals surface area contributed by atoms with E-state index in [9.17, 15) is 0 Å². The van der Waals surface area contributed by atoms with Gasteiger partial charge in [0.2, 0.25) is 0 Å². The number of benzene rings is 1. The maximum absolute atomic E-state index is 5.89. The van der Waals surface area contributed by atoms with Gasteiger partial charge in [0.25, 0.3) is 0 Å². The number of piperazine rings is 1. The molecule has 1 saturated heterocycles. The summed E-state index contributed by atoms with van der Waals surface area (Å²) in [4.78, 5) is 9.41. The summed E-state index contributed by atoms with van der Waals surface area (Å²) in [6.45, 7) is 14.7. The van der Waals surface area contributed by atoms with Crippen LogP contribution in [0.5, 0.6) is 0 Å². The van der Waals surface area contributed by atoms with Gasteiger partial charge in [0.15, 0.2) is 5.96 Å². The summed E-state index contributed by atoms with van der Waals surface area (Å²) < 4.78 is 0. The summed E-state index contributed by atoms with van der Waals surface area (Å²) in [5, 5.41) is 3.19. The summed E-state index contributed by atoms with van der Waals surface area (Å²) in [5.41, 5.74) is 8.54. The quantitative estimate of drug-likeness (QED) is 0.493. The maximum atomic E-state index is 5.89. The zero-order chi connectivity index (χ0) is 17.6. The predicted molar refractivity (Wildman–Crippen MR) is 104 cm³/mol. The molecular formula is C19H33N5. The van der Waals surface area contributed by atoms with Crippen LogP contribution in [0.2, 0.25) is 0 Å². The van der Waals surface area contributed by atoms with Crippen molar-refractivity contribution in [2.75, 3.05) is 44.2 Å². The monoisotopic (exact) mass is 331 g/mol. The van der Waals surface area contributed by atoms with E-state index in [1.54, 1.807) is 0 Å². The van der Waals surface area contributed by atoms with E-state index < -0.39 is 0 Å². The molecule has 5 nitrogen and oxygen atoms in total. The van der Waals surface area contributed by atoms with Gasteiger partial charge in [-0.1, -0.05) is 12.1 Å². The van der Waals surface area contributed by atoms with E-state index >= 15 is 0 Å². The first-order valence-electron chi connectivity index (χ1n) is 8.95. The molecule has 0 aliphatic carbocycles. The fourth-order valence-electron chi connectivity index (χ4n) is 2.97. The van der Waals surface area contributed by atoms with Crippen LogP contribution in [0.25, 0.3) is 0 Å². The van der Waals surface area contributed by atoms with Crippen LogP contribution in [-0.2, 0) is 0 Å². The van der Waals surface area contributed by atoms with Gasteiger partial charge in [0.05, 0.1) is 0 Å². The van der Waals surface area contributed by atoms with Gasteiger partial charge >= 0.3 is 0 Å². The Morgan fingerprint density at radius 1 is 1.21 bits per heavy atom. The number of nitrogens with one attached hydrogen (secondary N) is 1. The first kappa shape index (κ1) is 18.6. The molecule has 3 N–H and O–H groups in total. The van der Waals surface area contributed by atoms with Gasteiger partial charge in [-0.2, -0.15) is 0 Å². The molecule has 1 aliphatic heterocycles. The van der Waals surface area contributed by atoms with E-state index in [0.29, 0.717) is 5.96 Å². The first-order chi connectivity index (χ1) is 11.3. The second-order valence-corrected chi connectivity index (χ2v) is 7.66. The molecule has 0 saturated carbocycles. The third kappa shape index (κ3) is 6.40. The smallest absolute Gasteiger partial charge is 0.188 e. The van der Waals surface area contributed by atoms with E-state index in [1.807, 2.05) is 0 Å². The molecule has 1 heterocycles. The molecule has 134 valence electrons. The SMILES string of the molecule is Cc1cccc(N2CCN(CCCN=C(N)NC(C)(C)C)CC2)c1. The fraction of sp³-hybridized carbons (Fsp3) is 0.632. The van der Waals surface area contributed by atoms with Gasteiger partial charge in [0.1, 0.15) is 0 Å². The Kier molecular flexibility index (Phi) is 6.49. The van der Waals surface area contributed by atoms with Crippen molar-refractivity contribution < 1.29 is 0 Å². The van der Waals surface area contributed by atoms with Gasteiger partial charge in [-0.25, -0.2) is 0 Å². The molecule has 24 heavy (non-hydrogen) atoms. The number of aryl methyl sites for hydroxylation is 1. The molecule has 1 fully saturated rings. The first-order valence-corrected chi connectivity index (χ1v) is 8.95. The van der Waals surface area contributed by atoms with Crippen molar-refractivity contribution in [3.05, 3.63) is 29.8 Å². The number of hydrogen-bond acceptors (Lipinski definition) is 3. The molecule has 0 amide bonds. The standard InChI is InChI=1S/C19H33N5/c1-16-7-5-8-17(15-16)24-13-11-23(12-14-24)10-6-9-21-18(20)22-19(2,3)4/h5,7-8,15H,6,9-14H2,1-4H3,(H3,20,21,22). The minimum absolute atomic E-state index is 0.0281. The third-order valence-corrected chi connectivity index (χ3v) is 4.16. The summed E-state index contributed by atoms with van der Waals surface area (Å²) in [7, 11) is 0. The zero-order valence-corrected chi connectivity index (χ0v) is 15.7. The Bertz CT molecular complexity index is 539. The number of rotatable bonds is 5. The minimum atomic E-state index is -0.0281. The maximum Gasteiger partial charge on any atom is 0.188 e. The number of hydrogen-bond donors (Lipinski definition) is 2. The van der Waals surface area contributed by atoms with Crippen LogP contribution in [0.1, 0.15) is 32.8 Å². The molecule has 0 unspecified atom stereocenters. The number of aliphatic imine (C=N–C) groups is 1. The van der Waals surface area contributed by atoms with Gasteiger partial charge in [-0.3, -0.25) is 9.89 Å². The average Bonchev–Trinajstić information content (AvgIpc) is 2.50. The van der Waals surface area contributed by atoms with Crippen LogP contribution in [0.4, 0.5) is 5.69 Å². The van der Waals surface area contributed by atoms with Gasteiger partial charge in [-0.15, -0.1) is 0 Å². The van der Waals surface area contributed by atoms with Crippen LogP contribution in [0.3, 0.4) is 0 Å². The number of nitrogens with zero attached hydrogens (tertiary/aromatic N) is 3.